The average molecular weight is 386 g/mol. The first-order chi connectivity index (χ1) is 12.9. The smallest absolute Gasteiger partial charge is 0.278 e. The molecule has 8 nitrogen and oxygen atoms in total. The molecule has 138 valence electrons. The van der Waals surface area contributed by atoms with Gasteiger partial charge in [0.05, 0.1) is 16.1 Å². The van der Waals surface area contributed by atoms with E-state index in [-0.39, 0.29) is 23.3 Å². The van der Waals surface area contributed by atoms with E-state index in [1.807, 2.05) is 26.0 Å². The van der Waals surface area contributed by atoms with Crippen LogP contribution in [0.2, 0.25) is 5.02 Å². The van der Waals surface area contributed by atoms with Gasteiger partial charge in [-0.15, -0.1) is 0 Å². The maximum Gasteiger partial charge on any atom is 0.278 e. The highest BCUT2D eigenvalue weighted by atomic mass is 35.5. The molecular formula is C18H16ClN5O3. The molecule has 3 heterocycles. The van der Waals surface area contributed by atoms with Crippen molar-refractivity contribution in [2.24, 2.45) is 0 Å². The van der Waals surface area contributed by atoms with Crippen LogP contribution in [0.25, 0.3) is 28.1 Å². The summed E-state index contributed by atoms with van der Waals surface area (Å²) in [6.45, 7) is 3.84. The van der Waals surface area contributed by atoms with Crippen LogP contribution in [0.5, 0.6) is 0 Å². The van der Waals surface area contributed by atoms with E-state index in [4.69, 9.17) is 16.1 Å². The lowest BCUT2D eigenvalue weighted by molar-refractivity contribution is 0.108. The lowest BCUT2D eigenvalue weighted by atomic mass is 10.2. The van der Waals surface area contributed by atoms with Gasteiger partial charge in [-0.2, -0.15) is 4.98 Å². The SMILES string of the molecule is CC(C)n1c(=O)c2c(-c3noc(C4(O)CC4)n3)ncn2c2cccc(Cl)c21. The lowest BCUT2D eigenvalue weighted by Gasteiger charge is -2.16. The van der Waals surface area contributed by atoms with Gasteiger partial charge < -0.3 is 14.2 Å². The Balaban J connectivity index is 1.85. The highest BCUT2D eigenvalue weighted by molar-refractivity contribution is 6.35. The summed E-state index contributed by atoms with van der Waals surface area (Å²) in [5, 5.41) is 14.6. The maximum atomic E-state index is 13.3. The Labute approximate surface area is 158 Å². The third-order valence-electron chi connectivity index (χ3n) is 4.93. The molecule has 1 N–H and O–H groups in total. The molecule has 0 saturated heterocycles. The van der Waals surface area contributed by atoms with Crippen LogP contribution in [-0.4, -0.2) is 29.2 Å². The molecule has 27 heavy (non-hydrogen) atoms. The Hall–Kier alpha value is -2.71. The number of para-hydroxylation sites is 1. The van der Waals surface area contributed by atoms with Gasteiger partial charge in [-0.25, -0.2) is 4.98 Å². The van der Waals surface area contributed by atoms with Crippen LogP contribution >= 0.6 is 11.6 Å². The van der Waals surface area contributed by atoms with Crippen molar-refractivity contribution in [2.75, 3.05) is 0 Å². The summed E-state index contributed by atoms with van der Waals surface area (Å²) >= 11 is 6.40. The Morgan fingerprint density at radius 3 is 2.78 bits per heavy atom. The zero-order valence-electron chi connectivity index (χ0n) is 14.7. The summed E-state index contributed by atoms with van der Waals surface area (Å²) in [4.78, 5) is 21.9. The van der Waals surface area contributed by atoms with Crippen molar-refractivity contribution in [3.63, 3.8) is 0 Å². The van der Waals surface area contributed by atoms with E-state index >= 15 is 0 Å². The molecule has 1 aromatic carbocycles. The molecule has 0 atom stereocenters. The van der Waals surface area contributed by atoms with E-state index in [9.17, 15) is 9.90 Å². The second kappa shape index (κ2) is 5.40. The van der Waals surface area contributed by atoms with Gasteiger partial charge in [0.25, 0.3) is 11.4 Å². The third kappa shape index (κ3) is 2.26. The van der Waals surface area contributed by atoms with Crippen molar-refractivity contribution < 1.29 is 9.63 Å². The molecular weight excluding hydrogens is 370 g/mol. The molecule has 0 unspecified atom stereocenters. The quantitative estimate of drug-likeness (QED) is 0.582. The molecule has 5 rings (SSSR count). The molecule has 0 amide bonds. The van der Waals surface area contributed by atoms with Crippen LogP contribution in [0.1, 0.15) is 38.6 Å². The van der Waals surface area contributed by atoms with Crippen molar-refractivity contribution in [1.82, 2.24) is 24.1 Å². The summed E-state index contributed by atoms with van der Waals surface area (Å²) in [5.74, 6) is 0.341. The molecule has 1 aliphatic rings. The molecule has 0 radical (unpaired) electrons. The van der Waals surface area contributed by atoms with E-state index in [0.29, 0.717) is 34.6 Å². The van der Waals surface area contributed by atoms with E-state index in [0.717, 1.165) is 5.52 Å². The molecule has 3 aromatic heterocycles. The average Bonchev–Trinajstić information content (AvgIpc) is 3.06. The van der Waals surface area contributed by atoms with Crippen molar-refractivity contribution in [3.8, 4) is 11.5 Å². The largest absolute Gasteiger partial charge is 0.380 e. The topological polar surface area (TPSA) is 98.5 Å². The summed E-state index contributed by atoms with van der Waals surface area (Å²) in [5.41, 5.74) is 0.781. The number of halogens is 1. The van der Waals surface area contributed by atoms with Gasteiger partial charge in [-0.3, -0.25) is 9.20 Å². The Kier molecular flexibility index (Phi) is 3.29. The molecule has 4 aromatic rings. The monoisotopic (exact) mass is 385 g/mol. The Morgan fingerprint density at radius 2 is 2.07 bits per heavy atom. The number of hydrogen-bond donors (Lipinski definition) is 1. The van der Waals surface area contributed by atoms with Crippen LogP contribution in [0.3, 0.4) is 0 Å². The van der Waals surface area contributed by atoms with Gasteiger partial charge >= 0.3 is 0 Å². The van der Waals surface area contributed by atoms with Gasteiger partial charge in [0.15, 0.2) is 0 Å². The predicted octanol–water partition coefficient (Wildman–Crippen LogP) is 2.91. The highest BCUT2D eigenvalue weighted by Crippen LogP contribution is 2.44. The van der Waals surface area contributed by atoms with Gasteiger partial charge in [0, 0.05) is 6.04 Å². The normalized spacial score (nSPS) is 15.9. The fraction of sp³-hybridized carbons (Fsp3) is 0.333. The van der Waals surface area contributed by atoms with Crippen molar-refractivity contribution in [1.29, 1.82) is 0 Å². The van der Waals surface area contributed by atoms with Gasteiger partial charge in [0.2, 0.25) is 5.82 Å². The first kappa shape index (κ1) is 16.5. The second-order valence-corrected chi connectivity index (χ2v) is 7.55. The first-order valence-electron chi connectivity index (χ1n) is 8.67. The van der Waals surface area contributed by atoms with Crippen molar-refractivity contribution in [2.45, 2.75) is 38.3 Å². The molecule has 0 spiro atoms. The van der Waals surface area contributed by atoms with Crippen molar-refractivity contribution in [3.05, 3.63) is 45.8 Å². The second-order valence-electron chi connectivity index (χ2n) is 7.14. The van der Waals surface area contributed by atoms with Crippen LogP contribution < -0.4 is 5.56 Å². The zero-order chi connectivity index (χ0) is 18.9. The van der Waals surface area contributed by atoms with E-state index in [1.165, 1.54) is 0 Å². The third-order valence-corrected chi connectivity index (χ3v) is 5.24. The van der Waals surface area contributed by atoms with Crippen LogP contribution in [0, 0.1) is 0 Å². The molecule has 1 fully saturated rings. The number of hydrogen-bond acceptors (Lipinski definition) is 6. The maximum absolute atomic E-state index is 13.3. The lowest BCUT2D eigenvalue weighted by Crippen LogP contribution is -2.25. The summed E-state index contributed by atoms with van der Waals surface area (Å²) < 4.78 is 8.54. The highest BCUT2D eigenvalue weighted by Gasteiger charge is 2.48. The number of benzene rings is 1. The van der Waals surface area contributed by atoms with E-state index in [2.05, 4.69) is 15.1 Å². The molecule has 0 bridgehead atoms. The van der Waals surface area contributed by atoms with Crippen LogP contribution in [0.15, 0.2) is 33.8 Å². The summed E-state index contributed by atoms with van der Waals surface area (Å²) in [6.07, 6.45) is 2.72. The standard InChI is InChI=1S/C18H16ClN5O3/c1-9(2)24-13-10(19)4-3-5-11(13)23-8-20-12(14(23)16(24)25)15-21-17(27-22-15)18(26)6-7-18/h3-5,8-9,26H,6-7H2,1-2H3. The molecule has 1 aliphatic carbocycles. The molecule has 9 heteroatoms. The fourth-order valence-corrected chi connectivity index (χ4v) is 3.65. The van der Waals surface area contributed by atoms with Gasteiger partial charge in [0.1, 0.15) is 23.1 Å². The zero-order valence-corrected chi connectivity index (χ0v) is 15.4. The van der Waals surface area contributed by atoms with Gasteiger partial charge in [-0.1, -0.05) is 22.8 Å². The minimum absolute atomic E-state index is 0.111. The summed E-state index contributed by atoms with van der Waals surface area (Å²) in [6, 6.07) is 5.36. The van der Waals surface area contributed by atoms with E-state index < -0.39 is 5.60 Å². The number of rotatable bonds is 3. The minimum Gasteiger partial charge on any atom is -0.380 e. The number of imidazole rings is 1. The predicted molar refractivity (Wildman–Crippen MR) is 98.8 cm³/mol. The summed E-state index contributed by atoms with van der Waals surface area (Å²) in [7, 11) is 0. The van der Waals surface area contributed by atoms with Crippen molar-refractivity contribution >= 4 is 28.2 Å². The minimum atomic E-state index is -1.04. The number of aromatic nitrogens is 5. The van der Waals surface area contributed by atoms with E-state index in [1.54, 1.807) is 21.4 Å². The Bertz CT molecular complexity index is 1270. The molecule has 0 aliphatic heterocycles. The Morgan fingerprint density at radius 1 is 1.30 bits per heavy atom. The van der Waals surface area contributed by atoms with Gasteiger partial charge in [-0.05, 0) is 38.8 Å². The van der Waals surface area contributed by atoms with Crippen LogP contribution in [-0.2, 0) is 5.60 Å². The molecule has 1 saturated carbocycles. The first-order valence-corrected chi connectivity index (χ1v) is 9.05. The number of fused-ring (bicyclic) bond motifs is 3. The fourth-order valence-electron chi connectivity index (χ4n) is 3.39. The number of aliphatic hydroxyl groups is 1. The van der Waals surface area contributed by atoms with Crippen LogP contribution in [0.4, 0.5) is 0 Å². The number of nitrogens with zero attached hydrogens (tertiary/aromatic N) is 5.